The summed E-state index contributed by atoms with van der Waals surface area (Å²) in [7, 11) is 0. The first-order valence-corrected chi connectivity index (χ1v) is 8.55. The van der Waals surface area contributed by atoms with E-state index in [1.165, 1.54) is 24.8 Å². The number of benzene rings is 2. The SMILES string of the molecule is CCCCCc1ccc(N=Nc2ccc(OCCC)cc2)cc1. The van der Waals surface area contributed by atoms with Gasteiger partial charge in [0.05, 0.1) is 18.0 Å². The van der Waals surface area contributed by atoms with Crippen molar-refractivity contribution in [3.63, 3.8) is 0 Å². The molecule has 2 rings (SSSR count). The highest BCUT2D eigenvalue weighted by molar-refractivity contribution is 5.43. The Kier molecular flexibility index (Phi) is 7.31. The molecule has 0 spiro atoms. The number of ether oxygens (including phenoxy) is 1. The van der Waals surface area contributed by atoms with Crippen LogP contribution in [0.25, 0.3) is 0 Å². The van der Waals surface area contributed by atoms with Crippen LogP contribution in [0.2, 0.25) is 0 Å². The molecule has 0 saturated heterocycles. The lowest BCUT2D eigenvalue weighted by Crippen LogP contribution is -1.93. The van der Waals surface area contributed by atoms with Gasteiger partial charge in [0.2, 0.25) is 0 Å². The van der Waals surface area contributed by atoms with Crippen LogP contribution in [-0.4, -0.2) is 6.61 Å². The predicted octanol–water partition coefficient (Wildman–Crippen LogP) is 6.62. The Morgan fingerprint density at radius 2 is 1.35 bits per heavy atom. The Bertz CT molecular complexity index is 588. The molecule has 0 amide bonds. The zero-order valence-corrected chi connectivity index (χ0v) is 14.2. The van der Waals surface area contributed by atoms with Gasteiger partial charge in [0.25, 0.3) is 0 Å². The standard InChI is InChI=1S/C20H26N2O/c1-3-5-6-7-17-8-10-18(11-9-17)21-22-19-12-14-20(15-13-19)23-16-4-2/h8-15H,3-7,16H2,1-2H3. The van der Waals surface area contributed by atoms with E-state index >= 15 is 0 Å². The first-order chi connectivity index (χ1) is 11.3. The van der Waals surface area contributed by atoms with Crippen LogP contribution in [0.5, 0.6) is 5.75 Å². The summed E-state index contributed by atoms with van der Waals surface area (Å²) in [6, 6.07) is 16.1. The number of nitrogens with zero attached hydrogens (tertiary/aromatic N) is 2. The highest BCUT2D eigenvalue weighted by Crippen LogP contribution is 2.22. The quantitative estimate of drug-likeness (QED) is 0.378. The van der Waals surface area contributed by atoms with Crippen LogP contribution < -0.4 is 4.74 Å². The molecule has 0 saturated carbocycles. The summed E-state index contributed by atoms with van der Waals surface area (Å²) in [5.74, 6) is 0.877. The maximum atomic E-state index is 5.55. The van der Waals surface area contributed by atoms with Gasteiger partial charge in [0.15, 0.2) is 0 Å². The van der Waals surface area contributed by atoms with Gasteiger partial charge in [-0.15, -0.1) is 0 Å². The largest absolute Gasteiger partial charge is 0.494 e. The average Bonchev–Trinajstić information content (AvgIpc) is 2.60. The Balaban J connectivity index is 1.89. The highest BCUT2D eigenvalue weighted by atomic mass is 16.5. The number of aryl methyl sites for hydroxylation is 1. The van der Waals surface area contributed by atoms with Crippen LogP contribution in [-0.2, 0) is 6.42 Å². The zero-order valence-electron chi connectivity index (χ0n) is 14.2. The topological polar surface area (TPSA) is 34.0 Å². The summed E-state index contributed by atoms with van der Waals surface area (Å²) in [5, 5.41) is 8.56. The fraction of sp³-hybridized carbons (Fsp3) is 0.400. The third kappa shape index (κ3) is 6.23. The van der Waals surface area contributed by atoms with E-state index < -0.39 is 0 Å². The van der Waals surface area contributed by atoms with Crippen molar-refractivity contribution < 1.29 is 4.74 Å². The average molecular weight is 310 g/mol. The molecule has 0 fully saturated rings. The lowest BCUT2D eigenvalue weighted by molar-refractivity contribution is 0.317. The molecule has 0 N–H and O–H groups in total. The van der Waals surface area contributed by atoms with Gasteiger partial charge in [-0.25, -0.2) is 0 Å². The molecule has 0 aliphatic carbocycles. The van der Waals surface area contributed by atoms with Crippen LogP contribution in [0.4, 0.5) is 11.4 Å². The fourth-order valence-electron chi connectivity index (χ4n) is 2.25. The lowest BCUT2D eigenvalue weighted by Gasteiger charge is -2.03. The Morgan fingerprint density at radius 1 is 0.739 bits per heavy atom. The summed E-state index contributed by atoms with van der Waals surface area (Å²) >= 11 is 0. The second-order valence-corrected chi connectivity index (χ2v) is 5.67. The molecule has 122 valence electrons. The van der Waals surface area contributed by atoms with Crippen molar-refractivity contribution in [1.29, 1.82) is 0 Å². The third-order valence-corrected chi connectivity index (χ3v) is 3.60. The van der Waals surface area contributed by atoms with Gasteiger partial charge in [-0.05, 0) is 61.2 Å². The van der Waals surface area contributed by atoms with E-state index in [1.807, 2.05) is 36.4 Å². The van der Waals surface area contributed by atoms with E-state index in [1.54, 1.807) is 0 Å². The van der Waals surface area contributed by atoms with E-state index in [0.29, 0.717) is 0 Å². The number of unbranched alkanes of at least 4 members (excludes halogenated alkanes) is 2. The first kappa shape index (κ1) is 17.2. The molecule has 2 aromatic rings. The molecular formula is C20H26N2O. The van der Waals surface area contributed by atoms with Crippen molar-refractivity contribution in [2.24, 2.45) is 10.2 Å². The van der Waals surface area contributed by atoms with E-state index in [4.69, 9.17) is 4.74 Å². The van der Waals surface area contributed by atoms with Gasteiger partial charge < -0.3 is 4.74 Å². The van der Waals surface area contributed by atoms with Crippen LogP contribution in [0.15, 0.2) is 58.8 Å². The monoisotopic (exact) mass is 310 g/mol. The highest BCUT2D eigenvalue weighted by Gasteiger charge is 1.96. The molecule has 2 aromatic carbocycles. The third-order valence-electron chi connectivity index (χ3n) is 3.60. The van der Waals surface area contributed by atoms with Gasteiger partial charge in [-0.1, -0.05) is 38.8 Å². The van der Waals surface area contributed by atoms with Gasteiger partial charge >= 0.3 is 0 Å². The summed E-state index contributed by atoms with van der Waals surface area (Å²) in [6.07, 6.45) is 5.96. The molecule has 0 radical (unpaired) electrons. The van der Waals surface area contributed by atoms with Gasteiger partial charge in [0.1, 0.15) is 5.75 Å². The van der Waals surface area contributed by atoms with Crippen molar-refractivity contribution in [3.05, 3.63) is 54.1 Å². The minimum absolute atomic E-state index is 0.742. The molecule has 0 bridgehead atoms. The summed E-state index contributed by atoms with van der Waals surface area (Å²) in [4.78, 5) is 0. The maximum absolute atomic E-state index is 5.55. The molecule has 0 aliphatic rings. The smallest absolute Gasteiger partial charge is 0.119 e. The Labute approximate surface area is 139 Å². The summed E-state index contributed by atoms with van der Waals surface area (Å²) < 4.78 is 5.55. The van der Waals surface area contributed by atoms with Gasteiger partial charge in [-0.3, -0.25) is 0 Å². The normalized spacial score (nSPS) is 11.0. The summed E-state index contributed by atoms with van der Waals surface area (Å²) in [6.45, 7) is 5.06. The minimum Gasteiger partial charge on any atom is -0.494 e. The van der Waals surface area contributed by atoms with Crippen molar-refractivity contribution in [1.82, 2.24) is 0 Å². The number of rotatable bonds is 9. The molecule has 3 heteroatoms. The van der Waals surface area contributed by atoms with Crippen LogP contribution in [0.1, 0.15) is 45.1 Å². The summed E-state index contributed by atoms with van der Waals surface area (Å²) in [5.41, 5.74) is 3.09. The molecule has 0 aromatic heterocycles. The minimum atomic E-state index is 0.742. The van der Waals surface area contributed by atoms with E-state index in [2.05, 4.69) is 36.2 Å². The van der Waals surface area contributed by atoms with Crippen molar-refractivity contribution in [2.75, 3.05) is 6.61 Å². The number of azo groups is 1. The Morgan fingerprint density at radius 3 is 1.91 bits per heavy atom. The maximum Gasteiger partial charge on any atom is 0.119 e. The lowest BCUT2D eigenvalue weighted by atomic mass is 10.1. The predicted molar refractivity (Wildman–Crippen MR) is 96.1 cm³/mol. The van der Waals surface area contributed by atoms with Gasteiger partial charge in [0, 0.05) is 0 Å². The van der Waals surface area contributed by atoms with Crippen molar-refractivity contribution in [2.45, 2.75) is 46.0 Å². The molecule has 0 atom stereocenters. The van der Waals surface area contributed by atoms with E-state index in [9.17, 15) is 0 Å². The van der Waals surface area contributed by atoms with Crippen molar-refractivity contribution in [3.8, 4) is 5.75 Å². The molecule has 0 aliphatic heterocycles. The Hall–Kier alpha value is -2.16. The second kappa shape index (κ2) is 9.78. The molecule has 23 heavy (non-hydrogen) atoms. The zero-order chi connectivity index (χ0) is 16.3. The van der Waals surface area contributed by atoms with E-state index in [-0.39, 0.29) is 0 Å². The molecule has 0 unspecified atom stereocenters. The van der Waals surface area contributed by atoms with Crippen LogP contribution in [0.3, 0.4) is 0 Å². The molecular weight excluding hydrogens is 284 g/mol. The molecule has 3 nitrogen and oxygen atoms in total. The number of hydrogen-bond donors (Lipinski definition) is 0. The number of hydrogen-bond acceptors (Lipinski definition) is 3. The van der Waals surface area contributed by atoms with Crippen molar-refractivity contribution >= 4 is 11.4 Å². The van der Waals surface area contributed by atoms with E-state index in [0.717, 1.165) is 36.6 Å². The molecule has 0 heterocycles. The fourth-order valence-corrected chi connectivity index (χ4v) is 2.25. The van der Waals surface area contributed by atoms with Crippen LogP contribution >= 0.6 is 0 Å². The van der Waals surface area contributed by atoms with Crippen LogP contribution in [0, 0.1) is 0 Å². The first-order valence-electron chi connectivity index (χ1n) is 8.55. The van der Waals surface area contributed by atoms with Gasteiger partial charge in [-0.2, -0.15) is 10.2 Å². The second-order valence-electron chi connectivity index (χ2n) is 5.67.